The molecule has 0 saturated carbocycles. The average molecular weight is 482 g/mol. The van der Waals surface area contributed by atoms with Crippen molar-refractivity contribution in [2.75, 3.05) is 0 Å². The molecule has 0 bridgehead atoms. The van der Waals surface area contributed by atoms with E-state index < -0.39 is 0 Å². The van der Waals surface area contributed by atoms with Gasteiger partial charge in [0.25, 0.3) is 0 Å². The van der Waals surface area contributed by atoms with Gasteiger partial charge in [0.2, 0.25) is 11.9 Å². The minimum Gasteiger partial charge on any atom is -0.278 e. The lowest BCUT2D eigenvalue weighted by atomic mass is 10.1. The Morgan fingerprint density at radius 3 is 1.43 bits per heavy atom. The summed E-state index contributed by atoms with van der Waals surface area (Å²) in [6, 6.07) is 28.3. The molecule has 4 aromatic carbocycles. The minimum atomic E-state index is 0.647. The molecule has 0 aliphatic heterocycles. The van der Waals surface area contributed by atoms with Crippen molar-refractivity contribution in [2.45, 2.75) is 34.1 Å². The van der Waals surface area contributed by atoms with Crippen molar-refractivity contribution in [3.63, 3.8) is 0 Å². The van der Waals surface area contributed by atoms with Crippen LogP contribution in [0.1, 0.15) is 29.4 Å². The quantitative estimate of drug-likeness (QED) is 0.262. The van der Waals surface area contributed by atoms with Gasteiger partial charge in [-0.1, -0.05) is 61.5 Å². The molecule has 5 heteroatoms. The highest BCUT2D eigenvalue weighted by atomic mass is 15.3. The number of nitrogens with zero attached hydrogens (tertiary/aromatic N) is 5. The third kappa shape index (κ3) is 3.27. The summed E-state index contributed by atoms with van der Waals surface area (Å²) in [6.45, 7) is 8.48. The summed E-state index contributed by atoms with van der Waals surface area (Å²) in [5.41, 5.74) is 8.03. The van der Waals surface area contributed by atoms with E-state index in [1.807, 2.05) is 0 Å². The van der Waals surface area contributed by atoms with E-state index in [1.54, 1.807) is 0 Å². The smallest absolute Gasteiger partial charge is 0.239 e. The molecule has 5 nitrogen and oxygen atoms in total. The van der Waals surface area contributed by atoms with E-state index in [9.17, 15) is 0 Å². The number of aryl methyl sites for hydroxylation is 4. The zero-order chi connectivity index (χ0) is 25.3. The lowest BCUT2D eigenvalue weighted by molar-refractivity contribution is 0.820. The molecule has 37 heavy (non-hydrogen) atoms. The van der Waals surface area contributed by atoms with E-state index in [0.29, 0.717) is 18.3 Å². The van der Waals surface area contributed by atoms with Gasteiger partial charge in [-0.15, -0.1) is 0 Å². The lowest BCUT2D eigenvalue weighted by Gasteiger charge is -2.12. The maximum atomic E-state index is 5.16. The second-order valence-corrected chi connectivity index (χ2v) is 9.95. The van der Waals surface area contributed by atoms with Gasteiger partial charge in [-0.2, -0.15) is 15.0 Å². The summed E-state index contributed by atoms with van der Waals surface area (Å²) >= 11 is 0. The fourth-order valence-corrected chi connectivity index (χ4v) is 5.50. The van der Waals surface area contributed by atoms with Crippen molar-refractivity contribution in [2.24, 2.45) is 0 Å². The van der Waals surface area contributed by atoms with E-state index in [4.69, 9.17) is 15.0 Å². The van der Waals surface area contributed by atoms with Crippen LogP contribution in [0.5, 0.6) is 0 Å². The SMILES string of the molecule is CCc1nc(-n2c3ccccc3c3ccc(C)cc32)nc(-n2c3cc(C)ccc3c3ccc(C)cc32)n1. The first kappa shape index (κ1) is 21.7. The number of rotatable bonds is 3. The van der Waals surface area contributed by atoms with Crippen LogP contribution in [0.4, 0.5) is 0 Å². The van der Waals surface area contributed by atoms with E-state index in [0.717, 1.165) is 27.9 Å². The molecular formula is C32H27N5. The fourth-order valence-electron chi connectivity index (χ4n) is 5.50. The maximum absolute atomic E-state index is 5.16. The third-order valence-electron chi connectivity index (χ3n) is 7.28. The summed E-state index contributed by atoms with van der Waals surface area (Å²) in [5, 5.41) is 4.80. The molecule has 0 fully saturated rings. The number of fused-ring (bicyclic) bond motifs is 6. The van der Waals surface area contributed by atoms with E-state index in [2.05, 4.69) is 116 Å². The predicted molar refractivity (Wildman–Crippen MR) is 152 cm³/mol. The molecule has 0 aliphatic rings. The van der Waals surface area contributed by atoms with Crippen molar-refractivity contribution < 1.29 is 0 Å². The minimum absolute atomic E-state index is 0.647. The Hall–Kier alpha value is -4.51. The summed E-state index contributed by atoms with van der Waals surface area (Å²) in [6.07, 6.45) is 0.716. The van der Waals surface area contributed by atoms with Crippen molar-refractivity contribution in [3.05, 3.63) is 101 Å². The van der Waals surface area contributed by atoms with Gasteiger partial charge >= 0.3 is 0 Å². The van der Waals surface area contributed by atoms with Gasteiger partial charge in [0.1, 0.15) is 5.82 Å². The summed E-state index contributed by atoms with van der Waals surface area (Å²) in [7, 11) is 0. The van der Waals surface area contributed by atoms with Crippen molar-refractivity contribution in [1.29, 1.82) is 0 Å². The van der Waals surface area contributed by atoms with Crippen LogP contribution in [0.3, 0.4) is 0 Å². The van der Waals surface area contributed by atoms with Gasteiger partial charge in [-0.05, 0) is 61.7 Å². The van der Waals surface area contributed by atoms with E-state index >= 15 is 0 Å². The monoisotopic (exact) mass is 481 g/mol. The predicted octanol–water partition coefficient (Wildman–Crippen LogP) is 7.55. The molecule has 3 aromatic heterocycles. The first-order valence-corrected chi connectivity index (χ1v) is 12.8. The summed E-state index contributed by atoms with van der Waals surface area (Å²) < 4.78 is 4.39. The Morgan fingerprint density at radius 1 is 0.514 bits per heavy atom. The third-order valence-corrected chi connectivity index (χ3v) is 7.28. The number of hydrogen-bond acceptors (Lipinski definition) is 3. The topological polar surface area (TPSA) is 48.5 Å². The van der Waals surface area contributed by atoms with E-state index in [-0.39, 0.29) is 0 Å². The molecule has 7 rings (SSSR count). The fraction of sp³-hybridized carbons (Fsp3) is 0.156. The van der Waals surface area contributed by atoms with Gasteiger partial charge in [-0.25, -0.2) is 0 Å². The lowest BCUT2D eigenvalue weighted by Crippen LogP contribution is -2.11. The van der Waals surface area contributed by atoms with Crippen LogP contribution in [0.25, 0.3) is 55.5 Å². The zero-order valence-corrected chi connectivity index (χ0v) is 21.4. The molecule has 7 aromatic rings. The highest BCUT2D eigenvalue weighted by Gasteiger charge is 2.19. The highest BCUT2D eigenvalue weighted by molar-refractivity contribution is 6.10. The van der Waals surface area contributed by atoms with Crippen LogP contribution in [-0.2, 0) is 6.42 Å². The highest BCUT2D eigenvalue weighted by Crippen LogP contribution is 2.34. The van der Waals surface area contributed by atoms with Crippen LogP contribution in [-0.4, -0.2) is 24.1 Å². The maximum Gasteiger partial charge on any atom is 0.239 e. The second kappa shape index (κ2) is 8.00. The first-order chi connectivity index (χ1) is 18.0. The summed E-state index contributed by atoms with van der Waals surface area (Å²) in [5.74, 6) is 2.07. The second-order valence-electron chi connectivity index (χ2n) is 9.95. The van der Waals surface area contributed by atoms with Gasteiger partial charge in [0.15, 0.2) is 0 Å². The Morgan fingerprint density at radius 2 is 0.946 bits per heavy atom. The molecule has 0 amide bonds. The largest absolute Gasteiger partial charge is 0.278 e. The molecule has 180 valence electrons. The Labute approximate surface area is 215 Å². The number of aromatic nitrogens is 5. The first-order valence-electron chi connectivity index (χ1n) is 12.8. The summed E-state index contributed by atoms with van der Waals surface area (Å²) in [4.78, 5) is 15.1. The normalized spacial score (nSPS) is 11.9. The Kier molecular flexibility index (Phi) is 4.70. The van der Waals surface area contributed by atoms with Gasteiger partial charge in [0, 0.05) is 28.0 Å². The van der Waals surface area contributed by atoms with Gasteiger partial charge in [-0.3, -0.25) is 9.13 Å². The van der Waals surface area contributed by atoms with E-state index in [1.165, 1.54) is 38.2 Å². The molecule has 0 saturated heterocycles. The molecule has 0 spiro atoms. The standard InChI is InChI=1S/C32H27N5/c1-5-30-33-31(36-26-9-7-6-8-22(26)23-13-10-19(2)16-27(23)36)35-32(34-30)37-28-17-20(3)11-14-24(28)25-15-12-21(4)18-29(25)37/h6-18H,5H2,1-4H3. The molecule has 0 N–H and O–H groups in total. The Balaban J connectivity index is 1.60. The Bertz CT molecular complexity index is 1950. The van der Waals surface area contributed by atoms with Crippen LogP contribution in [0.15, 0.2) is 78.9 Å². The molecule has 0 aliphatic carbocycles. The van der Waals surface area contributed by atoms with Gasteiger partial charge < -0.3 is 0 Å². The molecule has 0 atom stereocenters. The number of hydrogen-bond donors (Lipinski definition) is 0. The average Bonchev–Trinajstić information content (AvgIpc) is 3.39. The molecule has 0 radical (unpaired) electrons. The molecule has 3 heterocycles. The zero-order valence-electron chi connectivity index (χ0n) is 21.4. The van der Waals surface area contributed by atoms with Crippen LogP contribution in [0.2, 0.25) is 0 Å². The number of para-hydroxylation sites is 1. The van der Waals surface area contributed by atoms with Crippen molar-refractivity contribution in [1.82, 2.24) is 24.1 Å². The number of benzene rings is 4. The molecule has 0 unspecified atom stereocenters. The van der Waals surface area contributed by atoms with Crippen molar-refractivity contribution >= 4 is 43.6 Å². The van der Waals surface area contributed by atoms with Crippen LogP contribution in [0, 0.1) is 20.8 Å². The van der Waals surface area contributed by atoms with Gasteiger partial charge in [0.05, 0.1) is 22.1 Å². The van der Waals surface area contributed by atoms with Crippen LogP contribution < -0.4 is 0 Å². The van der Waals surface area contributed by atoms with Crippen molar-refractivity contribution in [3.8, 4) is 11.9 Å². The van der Waals surface area contributed by atoms with Crippen LogP contribution >= 0.6 is 0 Å². The molecular weight excluding hydrogens is 454 g/mol.